The standard InChI is InChI=1S/C14H16N6O.C7H6N2/c21-13(18-9-1-2-9)11-3-5-15-14(19-11)20-6-4-10-12(7-20)17-8-16-10;1-2-6-9-7(3-1)4-5-8-9/h3,5,8-9H,1-2,4,6-7H2,(H,16,17)(H,18,21);1-6H. The Morgan fingerprint density at radius 1 is 1.13 bits per heavy atom. The van der Waals surface area contributed by atoms with E-state index in [0.29, 0.717) is 24.2 Å². The predicted molar refractivity (Wildman–Crippen MR) is 111 cm³/mol. The van der Waals surface area contributed by atoms with Crippen molar-refractivity contribution in [2.24, 2.45) is 0 Å². The number of pyridine rings is 1. The van der Waals surface area contributed by atoms with E-state index >= 15 is 0 Å². The quantitative estimate of drug-likeness (QED) is 0.543. The molecule has 1 amide bonds. The van der Waals surface area contributed by atoms with Crippen LogP contribution in [0.3, 0.4) is 0 Å². The molecule has 2 aliphatic rings. The number of nitrogens with one attached hydrogen (secondary N) is 2. The maximum atomic E-state index is 12.1. The highest BCUT2D eigenvalue weighted by atomic mass is 16.2. The van der Waals surface area contributed by atoms with E-state index in [2.05, 4.69) is 35.3 Å². The lowest BCUT2D eigenvalue weighted by molar-refractivity contribution is 0.0946. The van der Waals surface area contributed by atoms with Gasteiger partial charge < -0.3 is 15.2 Å². The molecule has 152 valence electrons. The molecule has 4 aromatic heterocycles. The first-order chi connectivity index (χ1) is 14.8. The van der Waals surface area contributed by atoms with Gasteiger partial charge in [0, 0.05) is 37.6 Å². The van der Waals surface area contributed by atoms with E-state index in [1.807, 2.05) is 35.0 Å². The van der Waals surface area contributed by atoms with E-state index < -0.39 is 0 Å². The molecular weight excluding hydrogens is 380 g/mol. The number of imidazole rings is 1. The summed E-state index contributed by atoms with van der Waals surface area (Å²) in [5.41, 5.74) is 3.77. The van der Waals surface area contributed by atoms with Gasteiger partial charge >= 0.3 is 0 Å². The van der Waals surface area contributed by atoms with Gasteiger partial charge in [-0.1, -0.05) is 6.07 Å². The highest BCUT2D eigenvalue weighted by Gasteiger charge is 2.25. The number of fused-ring (bicyclic) bond motifs is 2. The van der Waals surface area contributed by atoms with Crippen molar-refractivity contribution in [2.45, 2.75) is 31.8 Å². The summed E-state index contributed by atoms with van der Waals surface area (Å²) in [6.07, 6.45) is 10.1. The molecule has 1 aliphatic carbocycles. The third-order valence-electron chi connectivity index (χ3n) is 5.15. The summed E-state index contributed by atoms with van der Waals surface area (Å²) in [6, 6.07) is 9.94. The zero-order valence-corrected chi connectivity index (χ0v) is 16.4. The smallest absolute Gasteiger partial charge is 0.270 e. The fraction of sp³-hybridized carbons (Fsp3) is 0.286. The third kappa shape index (κ3) is 4.00. The Morgan fingerprint density at radius 3 is 2.93 bits per heavy atom. The molecule has 9 heteroatoms. The van der Waals surface area contributed by atoms with E-state index in [1.54, 1.807) is 24.8 Å². The summed E-state index contributed by atoms with van der Waals surface area (Å²) in [7, 11) is 0. The molecule has 0 radical (unpaired) electrons. The van der Waals surface area contributed by atoms with Crippen LogP contribution in [-0.2, 0) is 13.0 Å². The van der Waals surface area contributed by atoms with Gasteiger partial charge in [-0.05, 0) is 37.1 Å². The minimum absolute atomic E-state index is 0.111. The van der Waals surface area contributed by atoms with Crippen LogP contribution in [0.1, 0.15) is 34.7 Å². The van der Waals surface area contributed by atoms with Crippen molar-refractivity contribution in [3.8, 4) is 0 Å². The van der Waals surface area contributed by atoms with Crippen LogP contribution in [0.4, 0.5) is 5.95 Å². The molecule has 0 aromatic carbocycles. The Morgan fingerprint density at radius 2 is 2.07 bits per heavy atom. The maximum Gasteiger partial charge on any atom is 0.270 e. The number of aromatic nitrogens is 6. The largest absolute Gasteiger partial charge is 0.348 e. The van der Waals surface area contributed by atoms with Crippen molar-refractivity contribution in [3.05, 3.63) is 72.3 Å². The fourth-order valence-electron chi connectivity index (χ4n) is 3.36. The Hall–Kier alpha value is -3.75. The second kappa shape index (κ2) is 7.94. The Bertz CT molecular complexity index is 1130. The SMILES string of the molecule is O=C(NC1CC1)c1ccnc(N2CCc3nc[nH]c3C2)n1.c1ccn2nccc2c1. The lowest BCUT2D eigenvalue weighted by Crippen LogP contribution is -2.33. The molecule has 0 spiro atoms. The molecule has 4 aromatic rings. The lowest BCUT2D eigenvalue weighted by atomic mass is 10.1. The topological polar surface area (TPSA) is 104 Å². The summed E-state index contributed by atoms with van der Waals surface area (Å²) in [6.45, 7) is 1.51. The van der Waals surface area contributed by atoms with E-state index in [1.165, 1.54) is 0 Å². The first kappa shape index (κ1) is 18.3. The van der Waals surface area contributed by atoms with E-state index in [9.17, 15) is 4.79 Å². The number of anilines is 1. The summed E-state index contributed by atoms with van der Waals surface area (Å²) in [5, 5.41) is 6.98. The van der Waals surface area contributed by atoms with Crippen molar-refractivity contribution in [2.75, 3.05) is 11.4 Å². The predicted octanol–water partition coefficient (Wildman–Crippen LogP) is 1.99. The zero-order chi connectivity index (χ0) is 20.3. The second-order valence-corrected chi connectivity index (χ2v) is 7.39. The average Bonchev–Trinajstić information content (AvgIpc) is 3.28. The number of hydrogen-bond donors (Lipinski definition) is 2. The van der Waals surface area contributed by atoms with Crippen LogP contribution in [0.5, 0.6) is 0 Å². The van der Waals surface area contributed by atoms with Crippen LogP contribution in [-0.4, -0.2) is 48.0 Å². The van der Waals surface area contributed by atoms with E-state index in [4.69, 9.17) is 0 Å². The Labute approximate surface area is 173 Å². The highest BCUT2D eigenvalue weighted by molar-refractivity contribution is 5.92. The molecule has 0 saturated heterocycles. The lowest BCUT2D eigenvalue weighted by Gasteiger charge is -2.26. The van der Waals surface area contributed by atoms with Crippen LogP contribution < -0.4 is 10.2 Å². The molecule has 1 saturated carbocycles. The highest BCUT2D eigenvalue weighted by Crippen LogP contribution is 2.21. The van der Waals surface area contributed by atoms with Crippen LogP contribution in [0.2, 0.25) is 0 Å². The molecule has 5 heterocycles. The average molecular weight is 402 g/mol. The van der Waals surface area contributed by atoms with Gasteiger partial charge in [-0.25, -0.2) is 19.5 Å². The van der Waals surface area contributed by atoms with Gasteiger partial charge in [0.15, 0.2) is 0 Å². The number of H-pyrrole nitrogens is 1. The number of carbonyl (C=O) groups is 1. The summed E-state index contributed by atoms with van der Waals surface area (Å²) in [4.78, 5) is 30.2. The number of rotatable bonds is 3. The number of amides is 1. The number of aromatic amines is 1. The fourth-order valence-corrected chi connectivity index (χ4v) is 3.36. The molecule has 6 rings (SSSR count). The molecule has 0 bridgehead atoms. The zero-order valence-electron chi connectivity index (χ0n) is 16.4. The van der Waals surface area contributed by atoms with Gasteiger partial charge in [-0.2, -0.15) is 5.10 Å². The summed E-state index contributed by atoms with van der Waals surface area (Å²) < 4.78 is 1.83. The third-order valence-corrected chi connectivity index (χ3v) is 5.15. The normalized spacial score (nSPS) is 15.3. The minimum atomic E-state index is -0.111. The Balaban J connectivity index is 0.000000178. The van der Waals surface area contributed by atoms with Crippen molar-refractivity contribution in [1.29, 1.82) is 0 Å². The Kier molecular flexibility index (Phi) is 4.84. The van der Waals surface area contributed by atoms with Gasteiger partial charge in [0.25, 0.3) is 5.91 Å². The van der Waals surface area contributed by atoms with Crippen LogP contribution in [0, 0.1) is 0 Å². The molecule has 0 unspecified atom stereocenters. The van der Waals surface area contributed by atoms with Gasteiger partial charge in [0.1, 0.15) is 5.69 Å². The molecule has 0 atom stereocenters. The van der Waals surface area contributed by atoms with Crippen molar-refractivity contribution < 1.29 is 4.79 Å². The van der Waals surface area contributed by atoms with Gasteiger partial charge in [-0.3, -0.25) is 4.79 Å². The van der Waals surface area contributed by atoms with Crippen LogP contribution in [0.15, 0.2) is 55.2 Å². The summed E-state index contributed by atoms with van der Waals surface area (Å²) >= 11 is 0. The van der Waals surface area contributed by atoms with Crippen molar-refractivity contribution >= 4 is 17.4 Å². The monoisotopic (exact) mass is 402 g/mol. The van der Waals surface area contributed by atoms with Crippen LogP contribution in [0.25, 0.3) is 5.52 Å². The molecule has 2 N–H and O–H groups in total. The molecule has 9 nitrogen and oxygen atoms in total. The second-order valence-electron chi connectivity index (χ2n) is 7.39. The first-order valence-corrected chi connectivity index (χ1v) is 10.0. The first-order valence-electron chi connectivity index (χ1n) is 10.0. The number of carbonyl (C=O) groups excluding carboxylic acids is 1. The number of nitrogens with zero attached hydrogens (tertiary/aromatic N) is 6. The van der Waals surface area contributed by atoms with Gasteiger partial charge in [0.05, 0.1) is 29.8 Å². The van der Waals surface area contributed by atoms with Crippen LogP contribution >= 0.6 is 0 Å². The van der Waals surface area contributed by atoms with E-state index in [-0.39, 0.29) is 5.91 Å². The van der Waals surface area contributed by atoms with Gasteiger partial charge in [-0.15, -0.1) is 0 Å². The molecular formula is C21H22N8O. The van der Waals surface area contributed by atoms with Crippen molar-refractivity contribution in [3.63, 3.8) is 0 Å². The summed E-state index contributed by atoms with van der Waals surface area (Å²) in [5.74, 6) is 0.485. The van der Waals surface area contributed by atoms with Crippen molar-refractivity contribution in [1.82, 2.24) is 34.9 Å². The molecule has 1 fully saturated rings. The maximum absolute atomic E-state index is 12.1. The molecule has 30 heavy (non-hydrogen) atoms. The molecule has 1 aliphatic heterocycles. The van der Waals surface area contributed by atoms with Gasteiger partial charge in [0.2, 0.25) is 5.95 Å². The van der Waals surface area contributed by atoms with E-state index in [0.717, 1.165) is 42.7 Å². The minimum Gasteiger partial charge on any atom is -0.348 e. The number of hydrogen-bond acceptors (Lipinski definition) is 6.